The third-order valence-electron chi connectivity index (χ3n) is 2.98. The fourth-order valence-corrected chi connectivity index (χ4v) is 2.73. The Bertz CT molecular complexity index is 875. The van der Waals surface area contributed by atoms with Crippen LogP contribution in [0.5, 0.6) is 0 Å². The van der Waals surface area contributed by atoms with Crippen LogP contribution in [-0.2, 0) is 11.3 Å². The summed E-state index contributed by atoms with van der Waals surface area (Å²) in [7, 11) is 0. The van der Waals surface area contributed by atoms with E-state index in [2.05, 4.69) is 31.3 Å². The molecule has 23 heavy (non-hydrogen) atoms. The van der Waals surface area contributed by atoms with Gasteiger partial charge in [0.2, 0.25) is 5.91 Å². The molecule has 0 aliphatic rings. The molecule has 1 amide bonds. The zero-order chi connectivity index (χ0) is 16.2. The second kappa shape index (κ2) is 6.84. The van der Waals surface area contributed by atoms with E-state index in [-0.39, 0.29) is 18.0 Å². The van der Waals surface area contributed by atoms with Crippen molar-refractivity contribution in [2.75, 3.05) is 5.32 Å². The Hall–Kier alpha value is -2.32. The zero-order valence-electron chi connectivity index (χ0n) is 11.8. The third-order valence-corrected chi connectivity index (χ3v) is 4.20. The predicted molar refractivity (Wildman–Crippen MR) is 92.4 cm³/mol. The lowest BCUT2D eigenvalue weighted by molar-refractivity contribution is -0.117. The van der Waals surface area contributed by atoms with Gasteiger partial charge in [-0.05, 0) is 18.2 Å². The summed E-state index contributed by atoms with van der Waals surface area (Å²) >= 11 is 4.68. The molecule has 2 heterocycles. The SMILES string of the molecule is O=C(Cn1nc(-c2ccc(Br)cc2)ccc1=O)Nc1nccs1. The van der Waals surface area contributed by atoms with Crippen LogP contribution in [0.2, 0.25) is 0 Å². The van der Waals surface area contributed by atoms with Gasteiger partial charge in [0.25, 0.3) is 5.56 Å². The molecular formula is C15H11BrN4O2S. The number of halogens is 1. The minimum atomic E-state index is -0.345. The number of nitrogens with zero attached hydrogens (tertiary/aromatic N) is 3. The third kappa shape index (κ3) is 3.91. The molecular weight excluding hydrogens is 380 g/mol. The number of benzene rings is 1. The highest BCUT2D eigenvalue weighted by Gasteiger charge is 2.09. The van der Waals surface area contributed by atoms with Crippen LogP contribution < -0.4 is 10.9 Å². The Labute approximate surface area is 143 Å². The molecule has 8 heteroatoms. The van der Waals surface area contributed by atoms with Crippen LogP contribution >= 0.6 is 27.3 Å². The van der Waals surface area contributed by atoms with Gasteiger partial charge in [0.05, 0.1) is 5.69 Å². The maximum Gasteiger partial charge on any atom is 0.267 e. The van der Waals surface area contributed by atoms with Crippen LogP contribution in [0.3, 0.4) is 0 Å². The molecule has 1 N–H and O–H groups in total. The number of amides is 1. The topological polar surface area (TPSA) is 76.9 Å². The van der Waals surface area contributed by atoms with Crippen molar-refractivity contribution in [3.63, 3.8) is 0 Å². The first-order valence-electron chi connectivity index (χ1n) is 6.65. The Morgan fingerprint density at radius 1 is 1.22 bits per heavy atom. The molecule has 1 aromatic carbocycles. The zero-order valence-corrected chi connectivity index (χ0v) is 14.2. The van der Waals surface area contributed by atoms with Crippen molar-refractivity contribution in [3.05, 3.63) is 62.8 Å². The average Bonchev–Trinajstić information content (AvgIpc) is 3.03. The van der Waals surface area contributed by atoms with Gasteiger partial charge in [-0.1, -0.05) is 28.1 Å². The summed E-state index contributed by atoms with van der Waals surface area (Å²) in [5.41, 5.74) is 1.15. The first-order valence-corrected chi connectivity index (χ1v) is 8.32. The largest absolute Gasteiger partial charge is 0.300 e. The standard InChI is InChI=1S/C15H11BrN4O2S/c16-11-3-1-10(2-4-11)12-5-6-14(22)20(19-12)9-13(21)18-15-17-7-8-23-15/h1-8H,9H2,(H,17,18,21). The summed E-state index contributed by atoms with van der Waals surface area (Å²) in [4.78, 5) is 27.8. The van der Waals surface area contributed by atoms with Crippen molar-refractivity contribution in [2.24, 2.45) is 0 Å². The van der Waals surface area contributed by atoms with E-state index in [0.717, 1.165) is 14.7 Å². The number of hydrogen-bond acceptors (Lipinski definition) is 5. The van der Waals surface area contributed by atoms with E-state index in [1.165, 1.54) is 17.4 Å². The van der Waals surface area contributed by atoms with E-state index in [9.17, 15) is 9.59 Å². The molecule has 116 valence electrons. The highest BCUT2D eigenvalue weighted by atomic mass is 79.9. The lowest BCUT2D eigenvalue weighted by atomic mass is 10.1. The number of carbonyl (C=O) groups is 1. The van der Waals surface area contributed by atoms with Crippen LogP contribution in [0.1, 0.15) is 0 Å². The molecule has 0 bridgehead atoms. The van der Waals surface area contributed by atoms with E-state index in [4.69, 9.17) is 0 Å². The Morgan fingerprint density at radius 3 is 2.70 bits per heavy atom. The number of anilines is 1. The molecule has 0 spiro atoms. The number of nitrogens with one attached hydrogen (secondary N) is 1. The Balaban J connectivity index is 1.81. The highest BCUT2D eigenvalue weighted by Crippen LogP contribution is 2.18. The van der Waals surface area contributed by atoms with Crippen molar-refractivity contribution in [3.8, 4) is 11.3 Å². The molecule has 0 atom stereocenters. The molecule has 2 aromatic heterocycles. The molecule has 0 radical (unpaired) electrons. The number of thiazole rings is 1. The first-order chi connectivity index (χ1) is 11.1. The van der Waals surface area contributed by atoms with Gasteiger partial charge in [0, 0.05) is 27.7 Å². The average molecular weight is 391 g/mol. The summed E-state index contributed by atoms with van der Waals surface area (Å²) in [6, 6.07) is 10.6. The monoisotopic (exact) mass is 390 g/mol. The maximum atomic E-state index is 12.0. The molecule has 0 saturated carbocycles. The van der Waals surface area contributed by atoms with Crippen LogP contribution in [0.25, 0.3) is 11.3 Å². The minimum Gasteiger partial charge on any atom is -0.300 e. The fraction of sp³-hybridized carbons (Fsp3) is 0.0667. The normalized spacial score (nSPS) is 10.5. The highest BCUT2D eigenvalue weighted by molar-refractivity contribution is 9.10. The first kappa shape index (κ1) is 15.6. The van der Waals surface area contributed by atoms with E-state index in [1.807, 2.05) is 24.3 Å². The number of aromatic nitrogens is 3. The lowest BCUT2D eigenvalue weighted by Gasteiger charge is -2.07. The number of carbonyl (C=O) groups excluding carboxylic acids is 1. The van der Waals surface area contributed by atoms with E-state index in [1.54, 1.807) is 17.6 Å². The molecule has 0 aliphatic carbocycles. The molecule has 6 nitrogen and oxygen atoms in total. The van der Waals surface area contributed by atoms with E-state index >= 15 is 0 Å². The van der Waals surface area contributed by atoms with Gasteiger partial charge < -0.3 is 5.32 Å². The molecule has 0 fully saturated rings. The van der Waals surface area contributed by atoms with Gasteiger partial charge in [-0.3, -0.25) is 9.59 Å². The van der Waals surface area contributed by atoms with Crippen LogP contribution in [0.4, 0.5) is 5.13 Å². The van der Waals surface area contributed by atoms with Gasteiger partial charge in [0.15, 0.2) is 5.13 Å². The van der Waals surface area contributed by atoms with Gasteiger partial charge in [-0.15, -0.1) is 11.3 Å². The Morgan fingerprint density at radius 2 is 2.00 bits per heavy atom. The van der Waals surface area contributed by atoms with Crippen molar-refractivity contribution < 1.29 is 4.79 Å². The fourth-order valence-electron chi connectivity index (χ4n) is 1.92. The van der Waals surface area contributed by atoms with Gasteiger partial charge in [0.1, 0.15) is 6.54 Å². The van der Waals surface area contributed by atoms with E-state index in [0.29, 0.717) is 10.8 Å². The lowest BCUT2D eigenvalue weighted by Crippen LogP contribution is -2.29. The van der Waals surface area contributed by atoms with Crippen molar-refractivity contribution in [1.82, 2.24) is 14.8 Å². The number of hydrogen-bond donors (Lipinski definition) is 1. The van der Waals surface area contributed by atoms with Crippen molar-refractivity contribution in [1.29, 1.82) is 0 Å². The quantitative estimate of drug-likeness (QED) is 0.742. The van der Waals surface area contributed by atoms with Crippen LogP contribution in [0.15, 0.2) is 57.2 Å². The predicted octanol–water partition coefficient (Wildman–Crippen LogP) is 2.77. The summed E-state index contributed by atoms with van der Waals surface area (Å²) in [5, 5.41) is 9.13. The molecule has 0 aliphatic heterocycles. The minimum absolute atomic E-state index is 0.164. The maximum absolute atomic E-state index is 12.0. The number of rotatable bonds is 4. The van der Waals surface area contributed by atoms with Gasteiger partial charge in [-0.25, -0.2) is 9.67 Å². The van der Waals surface area contributed by atoms with Gasteiger partial charge in [-0.2, -0.15) is 5.10 Å². The molecule has 3 rings (SSSR count). The smallest absolute Gasteiger partial charge is 0.267 e. The van der Waals surface area contributed by atoms with Crippen molar-refractivity contribution in [2.45, 2.75) is 6.54 Å². The molecule has 0 saturated heterocycles. The molecule has 0 unspecified atom stereocenters. The summed E-state index contributed by atoms with van der Waals surface area (Å²) in [6.07, 6.45) is 1.60. The van der Waals surface area contributed by atoms with Crippen LogP contribution in [-0.4, -0.2) is 20.7 Å². The van der Waals surface area contributed by atoms with Gasteiger partial charge >= 0.3 is 0 Å². The second-order valence-corrected chi connectivity index (χ2v) is 6.42. The summed E-state index contributed by atoms with van der Waals surface area (Å²) < 4.78 is 2.10. The summed E-state index contributed by atoms with van der Waals surface area (Å²) in [6.45, 7) is -0.164. The second-order valence-electron chi connectivity index (χ2n) is 4.61. The van der Waals surface area contributed by atoms with E-state index < -0.39 is 0 Å². The Kier molecular flexibility index (Phi) is 4.63. The molecule has 3 aromatic rings. The summed E-state index contributed by atoms with van der Waals surface area (Å²) in [5.74, 6) is -0.345. The van der Waals surface area contributed by atoms with Crippen LogP contribution in [0, 0.1) is 0 Å². The van der Waals surface area contributed by atoms with Crippen molar-refractivity contribution >= 4 is 38.3 Å².